The summed E-state index contributed by atoms with van der Waals surface area (Å²) in [4.78, 5) is 24.6. The average molecular weight is 370 g/mol. The molecule has 2 fully saturated rings. The number of piperazine rings is 1. The number of fused-ring (bicyclic) bond motifs is 1. The van der Waals surface area contributed by atoms with Gasteiger partial charge in [-0.05, 0) is 38.8 Å². The van der Waals surface area contributed by atoms with Gasteiger partial charge in [0.1, 0.15) is 5.65 Å². The van der Waals surface area contributed by atoms with E-state index in [9.17, 15) is 4.79 Å². The zero-order chi connectivity index (χ0) is 18.8. The molecule has 27 heavy (non-hydrogen) atoms. The highest BCUT2D eigenvalue weighted by Gasteiger charge is 2.27. The third-order valence-corrected chi connectivity index (χ3v) is 6.28. The van der Waals surface area contributed by atoms with Gasteiger partial charge in [0.25, 0.3) is 5.56 Å². The summed E-state index contributed by atoms with van der Waals surface area (Å²) in [5.74, 6) is 0. The van der Waals surface area contributed by atoms with Crippen LogP contribution in [0.1, 0.15) is 32.4 Å². The highest BCUT2D eigenvalue weighted by atomic mass is 16.1. The largest absolute Gasteiger partial charge is 0.300 e. The summed E-state index contributed by atoms with van der Waals surface area (Å²) < 4.78 is 1.60. The second kappa shape index (κ2) is 8.09. The fourth-order valence-electron chi connectivity index (χ4n) is 4.53. The zero-order valence-corrected chi connectivity index (χ0v) is 16.5. The molecular formula is C21H31N5O. The van der Waals surface area contributed by atoms with Crippen molar-refractivity contribution in [2.45, 2.75) is 45.3 Å². The van der Waals surface area contributed by atoms with E-state index in [2.05, 4.69) is 33.5 Å². The van der Waals surface area contributed by atoms with Crippen molar-refractivity contribution in [3.8, 4) is 0 Å². The van der Waals surface area contributed by atoms with Crippen LogP contribution in [0.15, 0.2) is 35.3 Å². The predicted molar refractivity (Wildman–Crippen MR) is 108 cm³/mol. The fourth-order valence-corrected chi connectivity index (χ4v) is 4.53. The molecule has 2 unspecified atom stereocenters. The van der Waals surface area contributed by atoms with Crippen LogP contribution in [0.3, 0.4) is 0 Å². The van der Waals surface area contributed by atoms with Crippen LogP contribution in [-0.4, -0.2) is 75.4 Å². The lowest BCUT2D eigenvalue weighted by molar-refractivity contribution is 0.105. The Balaban J connectivity index is 1.29. The Kier molecular flexibility index (Phi) is 5.57. The van der Waals surface area contributed by atoms with Crippen LogP contribution >= 0.6 is 0 Å². The Morgan fingerprint density at radius 3 is 2.44 bits per heavy atom. The normalized spacial score (nSPS) is 25.4. The molecule has 6 heteroatoms. The molecule has 4 heterocycles. The molecule has 0 aliphatic carbocycles. The third kappa shape index (κ3) is 4.23. The van der Waals surface area contributed by atoms with E-state index in [0.717, 1.165) is 62.7 Å². The summed E-state index contributed by atoms with van der Waals surface area (Å²) in [6.45, 7) is 12.1. The van der Waals surface area contributed by atoms with Gasteiger partial charge in [-0.25, -0.2) is 4.98 Å². The first kappa shape index (κ1) is 18.6. The third-order valence-electron chi connectivity index (χ3n) is 6.28. The van der Waals surface area contributed by atoms with Crippen molar-refractivity contribution in [2.75, 3.05) is 39.3 Å². The van der Waals surface area contributed by atoms with Crippen LogP contribution in [0, 0.1) is 0 Å². The molecule has 2 aliphatic rings. The summed E-state index contributed by atoms with van der Waals surface area (Å²) in [5, 5.41) is 0. The fraction of sp³-hybridized carbons (Fsp3) is 0.619. The summed E-state index contributed by atoms with van der Waals surface area (Å²) in [6, 6.07) is 8.82. The Morgan fingerprint density at radius 1 is 1.00 bits per heavy atom. The maximum atomic E-state index is 12.2. The van der Waals surface area contributed by atoms with Crippen molar-refractivity contribution in [3.05, 3.63) is 46.5 Å². The monoisotopic (exact) mass is 369 g/mol. The summed E-state index contributed by atoms with van der Waals surface area (Å²) in [5.41, 5.74) is 1.61. The smallest absolute Gasteiger partial charge is 0.258 e. The second-order valence-corrected chi connectivity index (χ2v) is 8.15. The van der Waals surface area contributed by atoms with Gasteiger partial charge < -0.3 is 0 Å². The first-order valence-corrected chi connectivity index (χ1v) is 10.3. The highest BCUT2D eigenvalue weighted by Crippen LogP contribution is 2.22. The van der Waals surface area contributed by atoms with Gasteiger partial charge in [0, 0.05) is 70.2 Å². The number of hydrogen-bond acceptors (Lipinski definition) is 5. The zero-order valence-electron chi connectivity index (χ0n) is 16.5. The minimum atomic E-state index is 0.00286. The van der Waals surface area contributed by atoms with Gasteiger partial charge in [0.05, 0.1) is 5.69 Å². The van der Waals surface area contributed by atoms with E-state index >= 15 is 0 Å². The van der Waals surface area contributed by atoms with Crippen LogP contribution in [0.2, 0.25) is 0 Å². The lowest BCUT2D eigenvalue weighted by Gasteiger charge is -2.36. The predicted octanol–water partition coefficient (Wildman–Crippen LogP) is 1.68. The average Bonchev–Trinajstić information content (AvgIpc) is 2.99. The molecule has 6 nitrogen and oxygen atoms in total. The molecule has 2 aromatic heterocycles. The van der Waals surface area contributed by atoms with Gasteiger partial charge in [-0.3, -0.25) is 23.9 Å². The van der Waals surface area contributed by atoms with Gasteiger partial charge in [0.15, 0.2) is 0 Å². The lowest BCUT2D eigenvalue weighted by atomic mass is 10.2. The molecule has 4 rings (SSSR count). The summed E-state index contributed by atoms with van der Waals surface area (Å²) >= 11 is 0. The highest BCUT2D eigenvalue weighted by molar-refractivity contribution is 5.37. The molecule has 2 atom stereocenters. The number of hydrogen-bond donors (Lipinski definition) is 0. The lowest BCUT2D eigenvalue weighted by Crippen LogP contribution is -2.49. The standard InChI is InChI=1S/C21H31N5O/c1-17-6-7-18(2)25(17)14-13-23-9-11-24(12-10-23)16-19-15-21(27)26-8-4-3-5-20(26)22-19/h3-5,8,15,17-18H,6-7,9-14,16H2,1-2H3. The molecule has 0 aromatic carbocycles. The van der Waals surface area contributed by atoms with Crippen LogP contribution < -0.4 is 5.56 Å². The van der Waals surface area contributed by atoms with Gasteiger partial charge in [-0.2, -0.15) is 0 Å². The first-order chi connectivity index (χ1) is 13.1. The van der Waals surface area contributed by atoms with E-state index in [1.807, 2.05) is 18.2 Å². The van der Waals surface area contributed by atoms with Crippen molar-refractivity contribution in [1.82, 2.24) is 24.1 Å². The van der Waals surface area contributed by atoms with Gasteiger partial charge in [0.2, 0.25) is 0 Å². The molecule has 146 valence electrons. The van der Waals surface area contributed by atoms with Crippen molar-refractivity contribution in [3.63, 3.8) is 0 Å². The summed E-state index contributed by atoms with van der Waals surface area (Å²) in [6.07, 6.45) is 4.46. The minimum Gasteiger partial charge on any atom is -0.300 e. The molecule has 0 bridgehead atoms. The van der Waals surface area contributed by atoms with Crippen LogP contribution in [0.5, 0.6) is 0 Å². The van der Waals surface area contributed by atoms with E-state index in [4.69, 9.17) is 0 Å². The van der Waals surface area contributed by atoms with Crippen LogP contribution in [0.25, 0.3) is 5.65 Å². The number of aromatic nitrogens is 2. The second-order valence-electron chi connectivity index (χ2n) is 8.15. The summed E-state index contributed by atoms with van der Waals surface area (Å²) in [7, 11) is 0. The number of rotatable bonds is 5. The Bertz CT molecular complexity index is 817. The molecule has 2 saturated heterocycles. The number of pyridine rings is 1. The molecule has 2 aliphatic heterocycles. The number of nitrogens with zero attached hydrogens (tertiary/aromatic N) is 5. The van der Waals surface area contributed by atoms with E-state index in [1.54, 1.807) is 16.7 Å². The van der Waals surface area contributed by atoms with Crippen LogP contribution in [0.4, 0.5) is 0 Å². The van der Waals surface area contributed by atoms with Gasteiger partial charge in [-0.15, -0.1) is 0 Å². The van der Waals surface area contributed by atoms with E-state index in [0.29, 0.717) is 0 Å². The maximum Gasteiger partial charge on any atom is 0.258 e. The van der Waals surface area contributed by atoms with Crippen molar-refractivity contribution < 1.29 is 0 Å². The van der Waals surface area contributed by atoms with E-state index < -0.39 is 0 Å². The van der Waals surface area contributed by atoms with Crippen molar-refractivity contribution in [1.29, 1.82) is 0 Å². The van der Waals surface area contributed by atoms with E-state index in [1.165, 1.54) is 19.4 Å². The SMILES string of the molecule is CC1CCC(C)N1CCN1CCN(Cc2cc(=O)n3ccccc3n2)CC1. The molecule has 2 aromatic rings. The Hall–Kier alpha value is -1.76. The quantitative estimate of drug-likeness (QED) is 0.802. The van der Waals surface area contributed by atoms with Crippen LogP contribution in [-0.2, 0) is 6.54 Å². The van der Waals surface area contributed by atoms with Crippen molar-refractivity contribution >= 4 is 5.65 Å². The molecule has 0 N–H and O–H groups in total. The van der Waals surface area contributed by atoms with Crippen molar-refractivity contribution in [2.24, 2.45) is 0 Å². The molecule has 0 saturated carbocycles. The Morgan fingerprint density at radius 2 is 1.70 bits per heavy atom. The van der Waals surface area contributed by atoms with Gasteiger partial charge in [-0.1, -0.05) is 6.07 Å². The number of likely N-dealkylation sites (tertiary alicyclic amines) is 1. The molecular weight excluding hydrogens is 338 g/mol. The minimum absolute atomic E-state index is 0.00286. The molecule has 0 amide bonds. The Labute approximate surface area is 161 Å². The molecule has 0 spiro atoms. The van der Waals surface area contributed by atoms with E-state index in [-0.39, 0.29) is 5.56 Å². The maximum absolute atomic E-state index is 12.2. The topological polar surface area (TPSA) is 44.1 Å². The van der Waals surface area contributed by atoms with Gasteiger partial charge >= 0.3 is 0 Å². The first-order valence-electron chi connectivity index (χ1n) is 10.3. The molecule has 0 radical (unpaired) electrons.